The molecule has 20 heavy (non-hydrogen) atoms. The molecular formula is C14H16FNO3S. The Bertz CT molecular complexity index is 517. The Morgan fingerprint density at radius 3 is 2.60 bits per heavy atom. The van der Waals surface area contributed by atoms with Crippen LogP contribution >= 0.6 is 11.8 Å². The molecule has 1 saturated carbocycles. The molecule has 0 heterocycles. The zero-order valence-corrected chi connectivity index (χ0v) is 11.7. The van der Waals surface area contributed by atoms with Gasteiger partial charge >= 0.3 is 5.97 Å². The highest BCUT2D eigenvalue weighted by atomic mass is 32.2. The molecule has 1 fully saturated rings. The van der Waals surface area contributed by atoms with Crippen LogP contribution in [0.2, 0.25) is 0 Å². The van der Waals surface area contributed by atoms with Crippen molar-refractivity contribution in [2.75, 3.05) is 12.3 Å². The fraction of sp³-hybridized carbons (Fsp3) is 0.429. The first-order valence-corrected chi connectivity index (χ1v) is 7.39. The number of hydrogen-bond donors (Lipinski definition) is 2. The zero-order valence-electron chi connectivity index (χ0n) is 10.9. The second-order valence-electron chi connectivity index (χ2n) is 4.93. The van der Waals surface area contributed by atoms with Crippen molar-refractivity contribution in [3.05, 3.63) is 30.1 Å². The Labute approximate surface area is 120 Å². The first kappa shape index (κ1) is 14.8. The largest absolute Gasteiger partial charge is 0.481 e. The minimum atomic E-state index is -0.856. The standard InChI is InChI=1S/C14H16FNO3S/c15-10-4-1-2-5-11(10)20-8-12(17)16-9-14(13(18)19)6-3-7-14/h1-2,4-5H,3,6-9H2,(H,16,17)(H,18,19). The first-order chi connectivity index (χ1) is 9.53. The van der Waals surface area contributed by atoms with E-state index in [0.29, 0.717) is 17.7 Å². The van der Waals surface area contributed by atoms with E-state index in [-0.39, 0.29) is 24.0 Å². The van der Waals surface area contributed by atoms with E-state index in [4.69, 9.17) is 5.11 Å². The second kappa shape index (κ2) is 6.26. The number of thioether (sulfide) groups is 1. The van der Waals surface area contributed by atoms with Crippen LogP contribution in [0.3, 0.4) is 0 Å². The third-order valence-corrected chi connectivity index (χ3v) is 4.63. The molecule has 108 valence electrons. The number of carbonyl (C=O) groups excluding carboxylic acids is 1. The van der Waals surface area contributed by atoms with Crippen LogP contribution in [-0.2, 0) is 9.59 Å². The molecule has 1 amide bonds. The van der Waals surface area contributed by atoms with Gasteiger partial charge in [0.1, 0.15) is 5.82 Å². The van der Waals surface area contributed by atoms with Gasteiger partial charge in [-0.1, -0.05) is 18.6 Å². The topological polar surface area (TPSA) is 66.4 Å². The van der Waals surface area contributed by atoms with Crippen LogP contribution in [0.1, 0.15) is 19.3 Å². The summed E-state index contributed by atoms with van der Waals surface area (Å²) >= 11 is 1.11. The number of hydrogen-bond acceptors (Lipinski definition) is 3. The second-order valence-corrected chi connectivity index (χ2v) is 5.95. The van der Waals surface area contributed by atoms with Gasteiger partial charge in [0.2, 0.25) is 5.91 Å². The van der Waals surface area contributed by atoms with Gasteiger partial charge in [-0.3, -0.25) is 9.59 Å². The molecule has 0 atom stereocenters. The molecule has 0 unspecified atom stereocenters. The van der Waals surface area contributed by atoms with Crippen LogP contribution in [-0.4, -0.2) is 29.3 Å². The minimum Gasteiger partial charge on any atom is -0.481 e. The highest BCUT2D eigenvalue weighted by Gasteiger charge is 2.44. The van der Waals surface area contributed by atoms with E-state index >= 15 is 0 Å². The van der Waals surface area contributed by atoms with E-state index in [2.05, 4.69) is 5.32 Å². The fourth-order valence-corrected chi connectivity index (χ4v) is 2.86. The first-order valence-electron chi connectivity index (χ1n) is 6.41. The normalized spacial score (nSPS) is 16.2. The van der Waals surface area contributed by atoms with Crippen LogP contribution < -0.4 is 5.32 Å². The Kier molecular flexibility index (Phi) is 4.65. The highest BCUT2D eigenvalue weighted by molar-refractivity contribution is 8.00. The molecule has 2 rings (SSSR count). The summed E-state index contributed by atoms with van der Waals surface area (Å²) < 4.78 is 13.4. The Morgan fingerprint density at radius 1 is 1.35 bits per heavy atom. The zero-order chi connectivity index (χ0) is 14.6. The van der Waals surface area contributed by atoms with Gasteiger partial charge in [0.15, 0.2) is 0 Å². The molecule has 0 aliphatic heterocycles. The van der Waals surface area contributed by atoms with E-state index in [1.54, 1.807) is 18.2 Å². The summed E-state index contributed by atoms with van der Waals surface area (Å²) in [4.78, 5) is 23.2. The van der Waals surface area contributed by atoms with Gasteiger partial charge in [0, 0.05) is 11.4 Å². The average molecular weight is 297 g/mol. The van der Waals surface area contributed by atoms with Crippen molar-refractivity contribution in [2.24, 2.45) is 5.41 Å². The number of benzene rings is 1. The van der Waals surface area contributed by atoms with E-state index < -0.39 is 11.4 Å². The Balaban J connectivity index is 1.79. The number of amides is 1. The van der Waals surface area contributed by atoms with Crippen LogP contribution in [0.4, 0.5) is 4.39 Å². The van der Waals surface area contributed by atoms with Crippen molar-refractivity contribution in [2.45, 2.75) is 24.2 Å². The Morgan fingerprint density at radius 2 is 2.05 bits per heavy atom. The molecule has 1 aromatic rings. The van der Waals surface area contributed by atoms with Gasteiger partial charge in [-0.2, -0.15) is 0 Å². The third kappa shape index (κ3) is 3.30. The van der Waals surface area contributed by atoms with Gasteiger partial charge < -0.3 is 10.4 Å². The Hall–Kier alpha value is -1.56. The number of halogens is 1. The molecular weight excluding hydrogens is 281 g/mol. The number of carbonyl (C=O) groups is 2. The monoisotopic (exact) mass is 297 g/mol. The van der Waals surface area contributed by atoms with E-state index in [0.717, 1.165) is 18.2 Å². The summed E-state index contributed by atoms with van der Waals surface area (Å²) in [5.41, 5.74) is -0.793. The quantitative estimate of drug-likeness (QED) is 0.791. The van der Waals surface area contributed by atoms with E-state index in [9.17, 15) is 14.0 Å². The van der Waals surface area contributed by atoms with Crippen molar-refractivity contribution in [3.63, 3.8) is 0 Å². The predicted octanol–water partition coefficient (Wildman–Crippen LogP) is 2.29. The van der Waals surface area contributed by atoms with Crippen LogP contribution in [0.5, 0.6) is 0 Å². The van der Waals surface area contributed by atoms with Crippen LogP contribution in [0.25, 0.3) is 0 Å². The lowest BCUT2D eigenvalue weighted by atomic mass is 9.69. The maximum absolute atomic E-state index is 13.4. The van der Waals surface area contributed by atoms with E-state index in [1.807, 2.05) is 0 Å². The summed E-state index contributed by atoms with van der Waals surface area (Å²) in [5, 5.41) is 11.8. The number of rotatable bonds is 6. The van der Waals surface area contributed by atoms with E-state index in [1.165, 1.54) is 6.07 Å². The fourth-order valence-electron chi connectivity index (χ4n) is 2.09. The number of carboxylic acid groups (broad SMARTS) is 1. The maximum Gasteiger partial charge on any atom is 0.311 e. The molecule has 1 aromatic carbocycles. The lowest BCUT2D eigenvalue weighted by molar-refractivity contribution is -0.154. The van der Waals surface area contributed by atoms with Crippen molar-refractivity contribution in [3.8, 4) is 0 Å². The molecule has 0 radical (unpaired) electrons. The number of aliphatic carboxylic acids is 1. The number of nitrogens with one attached hydrogen (secondary N) is 1. The molecule has 0 aromatic heterocycles. The number of carboxylic acids is 1. The van der Waals surface area contributed by atoms with Crippen molar-refractivity contribution in [1.82, 2.24) is 5.32 Å². The van der Waals surface area contributed by atoms with Gasteiger partial charge in [-0.05, 0) is 25.0 Å². The summed E-state index contributed by atoms with van der Waals surface area (Å²) in [6.45, 7) is 0.152. The third-order valence-electron chi connectivity index (χ3n) is 3.58. The smallest absolute Gasteiger partial charge is 0.311 e. The van der Waals surface area contributed by atoms with Gasteiger partial charge in [0.05, 0.1) is 11.2 Å². The van der Waals surface area contributed by atoms with Crippen molar-refractivity contribution in [1.29, 1.82) is 0 Å². The van der Waals surface area contributed by atoms with Gasteiger partial charge in [-0.15, -0.1) is 11.8 Å². The maximum atomic E-state index is 13.4. The summed E-state index contributed by atoms with van der Waals surface area (Å²) in [6.07, 6.45) is 2.08. The average Bonchev–Trinajstić information content (AvgIpc) is 2.36. The van der Waals surface area contributed by atoms with Gasteiger partial charge in [-0.25, -0.2) is 4.39 Å². The van der Waals surface area contributed by atoms with Crippen LogP contribution in [0, 0.1) is 11.2 Å². The lowest BCUT2D eigenvalue weighted by Gasteiger charge is -2.37. The molecule has 2 N–H and O–H groups in total. The predicted molar refractivity (Wildman–Crippen MR) is 74.1 cm³/mol. The lowest BCUT2D eigenvalue weighted by Crippen LogP contribution is -2.47. The van der Waals surface area contributed by atoms with Gasteiger partial charge in [0.25, 0.3) is 0 Å². The molecule has 4 nitrogen and oxygen atoms in total. The van der Waals surface area contributed by atoms with Crippen LogP contribution in [0.15, 0.2) is 29.2 Å². The molecule has 1 aliphatic rings. The summed E-state index contributed by atoms with van der Waals surface area (Å²) in [6, 6.07) is 6.25. The summed E-state index contributed by atoms with van der Waals surface area (Å²) in [5.74, 6) is -1.40. The molecule has 0 spiro atoms. The molecule has 0 saturated heterocycles. The highest BCUT2D eigenvalue weighted by Crippen LogP contribution is 2.40. The molecule has 6 heteroatoms. The molecule has 1 aliphatic carbocycles. The molecule has 0 bridgehead atoms. The van der Waals surface area contributed by atoms with Crippen molar-refractivity contribution >= 4 is 23.6 Å². The SMILES string of the molecule is O=C(CSc1ccccc1F)NCC1(C(=O)O)CCC1. The summed E-state index contributed by atoms with van der Waals surface area (Å²) in [7, 11) is 0. The minimum absolute atomic E-state index is 0.0800. The van der Waals surface area contributed by atoms with Crippen molar-refractivity contribution < 1.29 is 19.1 Å².